The Labute approximate surface area is 474 Å². The number of fused-ring (bicyclic) bond motifs is 10. The molecule has 8 saturated carbocycles. The molecule has 0 amide bonds. The molecule has 4 heteroatoms. The van der Waals surface area contributed by atoms with Gasteiger partial charge in [0.15, 0.2) is 0 Å². The molecule has 80 heavy (non-hydrogen) atoms. The third-order valence-electron chi connectivity index (χ3n) is 23.8. The first-order valence-corrected chi connectivity index (χ1v) is 31.6. The fraction of sp³-hybridized carbons (Fsp3) is 0.421. The van der Waals surface area contributed by atoms with E-state index in [1.807, 2.05) is 0 Å². The normalized spacial score (nSPS) is 28.7. The molecule has 3 nitrogen and oxygen atoms in total. The van der Waals surface area contributed by atoms with Crippen LogP contribution < -0.4 is 16.0 Å². The first-order chi connectivity index (χ1) is 38.6. The minimum absolute atomic E-state index is 0.0210. The van der Waals surface area contributed by atoms with E-state index >= 15 is 0 Å². The zero-order chi connectivity index (χ0) is 53.6. The van der Waals surface area contributed by atoms with Crippen LogP contribution in [0.4, 0.5) is 17.1 Å². The molecular weight excluding hydrogens is 968 g/mol. The van der Waals surface area contributed by atoms with Crippen LogP contribution in [0.3, 0.4) is 0 Å². The highest BCUT2D eigenvalue weighted by Crippen LogP contribution is 2.64. The van der Waals surface area contributed by atoms with Crippen LogP contribution in [0.5, 0.6) is 0 Å². The van der Waals surface area contributed by atoms with Gasteiger partial charge in [-0.1, -0.05) is 121 Å². The van der Waals surface area contributed by atoms with Crippen LogP contribution in [0, 0.1) is 35.5 Å². The zero-order valence-electron chi connectivity index (χ0n) is 48.4. The molecule has 9 aliphatic carbocycles. The van der Waals surface area contributed by atoms with Crippen LogP contribution in [-0.2, 0) is 27.1 Å². The number of anilines is 3. The Morgan fingerprint density at radius 3 is 1.68 bits per heavy atom. The lowest BCUT2D eigenvalue weighted by atomic mass is 9.46. The van der Waals surface area contributed by atoms with Gasteiger partial charge in [0.1, 0.15) is 11.2 Å². The maximum Gasteiger partial charge on any atom is 0.375 e. The van der Waals surface area contributed by atoms with Crippen LogP contribution in [0.25, 0.3) is 66.2 Å². The van der Waals surface area contributed by atoms with Crippen LogP contribution in [0.15, 0.2) is 138 Å². The molecule has 0 N–H and O–H groups in total. The number of furan rings is 1. The van der Waals surface area contributed by atoms with Crippen molar-refractivity contribution in [2.75, 3.05) is 4.90 Å². The monoisotopic (exact) mass is 1040 g/mol. The minimum Gasteiger partial charge on any atom is -0.466 e. The largest absolute Gasteiger partial charge is 0.466 e. The molecule has 0 spiro atoms. The highest BCUT2D eigenvalue weighted by atomic mass is 16.3. The van der Waals surface area contributed by atoms with E-state index in [0.717, 1.165) is 59.6 Å². The van der Waals surface area contributed by atoms with Crippen LogP contribution in [-0.4, -0.2) is 11.3 Å². The maximum atomic E-state index is 7.94. The average Bonchev–Trinajstić information content (AvgIpc) is 3.13. The predicted octanol–water partition coefficient (Wildman–Crippen LogP) is 18.9. The van der Waals surface area contributed by atoms with Gasteiger partial charge in [0.05, 0.1) is 11.4 Å². The summed E-state index contributed by atoms with van der Waals surface area (Å²) in [6.07, 6.45) is 19.3. The Balaban J connectivity index is 0.985. The summed E-state index contributed by atoms with van der Waals surface area (Å²) in [4.78, 5) is 2.72. The van der Waals surface area contributed by atoms with Crippen molar-refractivity contribution >= 4 is 67.8 Å². The van der Waals surface area contributed by atoms with Gasteiger partial charge in [0, 0.05) is 44.0 Å². The van der Waals surface area contributed by atoms with Gasteiger partial charge in [0.2, 0.25) is 0 Å². The standard InChI is InChI=1S/C76H77BN2O/c1-72(2,3)53-18-20-64(56(32-53)51-16-12-9-13-17-51)78-66-31-52(50-14-10-8-11-15-50)30-58-60-35-55(76-41-47-27-48(42-76)29-49(28-47)43-76)34-59-57-33-54(75-38-44-24-45(39-75)26-46(25-44)40-75)19-21-65(57)79(69(59)60)77(68(58)66)71-70(78)61-36-62-63(37-67(61)80-71)74(6,7)23-22-73(62,4)5/h8-21,30-37,44-49H,22-29,38-43H2,1-7H3. The molecule has 400 valence electrons. The first kappa shape index (κ1) is 47.4. The lowest BCUT2D eigenvalue weighted by Crippen LogP contribution is -2.56. The quantitative estimate of drug-likeness (QED) is 0.160. The Kier molecular flexibility index (Phi) is 9.38. The SMILES string of the molecule is CC(C)(C)c1ccc(N2c3cc(-c4ccccc4)cc4c3B(c3oc5cc6c(cc5c32)C(C)(C)CCC6(C)C)n2c3ccc(C56CC7CC(CC(C7)C5)C6)cc3c3cc(C56CC7CC(CC(C7)C5)C6)cc-4c32)c(-c2ccccc2)c1. The number of hydrogen-bond donors (Lipinski definition) is 0. The Morgan fingerprint density at radius 1 is 0.487 bits per heavy atom. The van der Waals surface area contributed by atoms with Gasteiger partial charge < -0.3 is 13.8 Å². The van der Waals surface area contributed by atoms with E-state index in [4.69, 9.17) is 4.42 Å². The molecule has 0 saturated heterocycles. The van der Waals surface area contributed by atoms with Crippen molar-refractivity contribution in [3.8, 4) is 33.4 Å². The summed E-state index contributed by atoms with van der Waals surface area (Å²) in [6, 6.07) is 53.9. The van der Waals surface area contributed by atoms with Crippen LogP contribution in [0.1, 0.15) is 166 Å². The zero-order valence-corrected chi connectivity index (χ0v) is 48.4. The van der Waals surface area contributed by atoms with Crippen molar-refractivity contribution in [1.82, 2.24) is 4.48 Å². The van der Waals surface area contributed by atoms with Crippen molar-refractivity contribution in [1.29, 1.82) is 0 Å². The molecule has 8 bridgehead atoms. The summed E-state index contributed by atoms with van der Waals surface area (Å²) in [5.41, 5.74) is 25.8. The molecule has 7 aromatic carbocycles. The fourth-order valence-electron chi connectivity index (χ4n) is 20.7. The molecule has 2 aromatic heterocycles. The number of nitrogens with zero attached hydrogens (tertiary/aromatic N) is 2. The topological polar surface area (TPSA) is 21.3 Å². The van der Waals surface area contributed by atoms with Crippen molar-refractivity contribution < 1.29 is 4.42 Å². The summed E-state index contributed by atoms with van der Waals surface area (Å²) in [5, 5.41) is 4.18. The van der Waals surface area contributed by atoms with Gasteiger partial charge in [-0.05, 0) is 269 Å². The highest BCUT2D eigenvalue weighted by molar-refractivity contribution is 6.89. The molecule has 2 aliphatic heterocycles. The number of rotatable bonds is 5. The summed E-state index contributed by atoms with van der Waals surface area (Å²) in [5.74, 6) is 5.27. The smallest absolute Gasteiger partial charge is 0.375 e. The highest BCUT2D eigenvalue weighted by Gasteiger charge is 2.55. The van der Waals surface area contributed by atoms with Gasteiger partial charge in [-0.3, -0.25) is 0 Å². The second-order valence-corrected chi connectivity index (χ2v) is 30.8. The van der Waals surface area contributed by atoms with Crippen molar-refractivity contribution in [3.05, 3.63) is 161 Å². The summed E-state index contributed by atoms with van der Waals surface area (Å²) >= 11 is 0. The lowest BCUT2D eigenvalue weighted by Gasteiger charge is -2.57. The minimum atomic E-state index is -0.182. The number of aromatic nitrogens is 1. The van der Waals surface area contributed by atoms with Gasteiger partial charge in [-0.2, -0.15) is 0 Å². The molecule has 9 aromatic rings. The van der Waals surface area contributed by atoms with Gasteiger partial charge in [0.25, 0.3) is 0 Å². The van der Waals surface area contributed by atoms with E-state index in [-0.39, 0.29) is 28.5 Å². The third-order valence-corrected chi connectivity index (χ3v) is 23.8. The molecule has 0 radical (unpaired) electrons. The summed E-state index contributed by atoms with van der Waals surface area (Å²) in [6.45, 7) is 16.8. The Bertz CT molecular complexity index is 4070. The van der Waals surface area contributed by atoms with E-state index in [0.29, 0.717) is 5.41 Å². The Hall–Kier alpha value is -6.26. The van der Waals surface area contributed by atoms with Crippen LogP contribution >= 0.6 is 0 Å². The molecule has 20 rings (SSSR count). The van der Waals surface area contributed by atoms with E-state index in [1.54, 1.807) is 11.1 Å². The van der Waals surface area contributed by atoms with Crippen molar-refractivity contribution in [2.45, 2.75) is 165 Å². The average molecular weight is 1050 g/mol. The van der Waals surface area contributed by atoms with Crippen LogP contribution in [0.2, 0.25) is 0 Å². The maximum absolute atomic E-state index is 7.94. The number of benzene rings is 7. The number of hydrogen-bond acceptors (Lipinski definition) is 2. The van der Waals surface area contributed by atoms with E-state index in [9.17, 15) is 0 Å². The molecule has 4 heterocycles. The molecule has 8 fully saturated rings. The Morgan fingerprint density at radius 2 is 1.06 bits per heavy atom. The first-order valence-electron chi connectivity index (χ1n) is 31.6. The van der Waals surface area contributed by atoms with Crippen molar-refractivity contribution in [3.63, 3.8) is 0 Å². The molecule has 11 aliphatic rings. The van der Waals surface area contributed by atoms with E-state index in [1.165, 1.54) is 177 Å². The summed E-state index contributed by atoms with van der Waals surface area (Å²) < 4.78 is 10.8. The molecule has 0 atom stereocenters. The summed E-state index contributed by atoms with van der Waals surface area (Å²) in [7, 11) is 0. The lowest BCUT2D eigenvalue weighted by molar-refractivity contribution is -0.00527. The molecule has 0 unspecified atom stereocenters. The predicted molar refractivity (Wildman–Crippen MR) is 334 cm³/mol. The van der Waals surface area contributed by atoms with Crippen molar-refractivity contribution in [2.24, 2.45) is 35.5 Å². The second kappa shape index (κ2) is 15.8. The van der Waals surface area contributed by atoms with Gasteiger partial charge >= 0.3 is 6.85 Å². The van der Waals surface area contributed by atoms with Gasteiger partial charge in [-0.15, -0.1) is 0 Å². The van der Waals surface area contributed by atoms with Gasteiger partial charge in [-0.25, -0.2) is 0 Å². The second-order valence-electron chi connectivity index (χ2n) is 30.8. The molecular formula is C76H77BN2O. The van der Waals surface area contributed by atoms with E-state index < -0.39 is 0 Å². The van der Waals surface area contributed by atoms with E-state index in [2.05, 4.69) is 191 Å². The third kappa shape index (κ3) is 6.52. The fourth-order valence-corrected chi connectivity index (χ4v) is 20.7.